The van der Waals surface area contributed by atoms with Gasteiger partial charge in [-0.05, 0) is 30.7 Å². The van der Waals surface area contributed by atoms with E-state index in [1.165, 1.54) is 18.4 Å². The highest BCUT2D eigenvalue weighted by Gasteiger charge is 2.29. The summed E-state index contributed by atoms with van der Waals surface area (Å²) in [6.45, 7) is 2.93. The molecule has 2 heterocycles. The van der Waals surface area contributed by atoms with Gasteiger partial charge in [0.05, 0.1) is 29.8 Å². The quantitative estimate of drug-likeness (QED) is 0.336. The number of aryl methyl sites for hydroxylation is 1. The maximum absolute atomic E-state index is 12.8. The molecule has 0 saturated heterocycles. The topological polar surface area (TPSA) is 97.0 Å². The number of Topliss-reactive ketones (excluding diaryl/α,β-unsaturated/α-hetero) is 1. The second-order valence-electron chi connectivity index (χ2n) is 6.41. The lowest BCUT2D eigenvalue weighted by atomic mass is 10.0. The molecule has 29 heavy (non-hydrogen) atoms. The highest BCUT2D eigenvalue weighted by molar-refractivity contribution is 7.20. The first kappa shape index (κ1) is 21.0. The van der Waals surface area contributed by atoms with Crippen LogP contribution < -0.4 is 5.32 Å². The molecule has 0 radical (unpaired) electrons. The number of fused-ring (bicyclic) bond motifs is 1. The van der Waals surface area contributed by atoms with Gasteiger partial charge in [0.25, 0.3) is 0 Å². The molecule has 3 aromatic rings. The van der Waals surface area contributed by atoms with E-state index in [1.54, 1.807) is 6.07 Å². The van der Waals surface area contributed by atoms with E-state index in [9.17, 15) is 14.9 Å². The first-order valence-electron chi connectivity index (χ1n) is 8.86. The van der Waals surface area contributed by atoms with Crippen LogP contribution in [0.4, 0.5) is 0 Å². The molecule has 1 atom stereocenters. The minimum atomic E-state index is -1.40. The lowest BCUT2D eigenvalue weighted by Gasteiger charge is -2.08. The molecular formula is C20H19ClN4O3S. The summed E-state index contributed by atoms with van der Waals surface area (Å²) in [6.07, 6.45) is 0. The van der Waals surface area contributed by atoms with Crippen molar-refractivity contribution >= 4 is 44.8 Å². The third-order valence-corrected chi connectivity index (χ3v) is 5.77. The van der Waals surface area contributed by atoms with Crippen molar-refractivity contribution in [1.82, 2.24) is 15.1 Å². The molecule has 3 rings (SSSR count). The molecule has 0 aliphatic carbocycles. The van der Waals surface area contributed by atoms with Crippen LogP contribution in [0.15, 0.2) is 30.3 Å². The van der Waals surface area contributed by atoms with Gasteiger partial charge in [-0.1, -0.05) is 23.7 Å². The van der Waals surface area contributed by atoms with Crippen LogP contribution in [0.1, 0.15) is 20.9 Å². The van der Waals surface area contributed by atoms with Gasteiger partial charge < -0.3 is 10.1 Å². The van der Waals surface area contributed by atoms with E-state index in [0.717, 1.165) is 21.5 Å². The van der Waals surface area contributed by atoms with Crippen molar-refractivity contribution < 1.29 is 14.3 Å². The molecule has 0 spiro atoms. The zero-order chi connectivity index (χ0) is 21.0. The maximum Gasteiger partial charge on any atom is 0.245 e. The number of methoxy groups -OCH3 is 1. The number of hydrogen-bond donors (Lipinski definition) is 1. The third kappa shape index (κ3) is 4.65. The summed E-state index contributed by atoms with van der Waals surface area (Å²) in [4.78, 5) is 26.2. The number of ketones is 1. The Labute approximate surface area is 176 Å². The number of carbonyl (C=O) groups is 2. The molecule has 1 amide bonds. The van der Waals surface area contributed by atoms with Crippen molar-refractivity contribution in [3.8, 4) is 6.07 Å². The van der Waals surface area contributed by atoms with Gasteiger partial charge >= 0.3 is 0 Å². The number of hydrogen-bond acceptors (Lipinski definition) is 6. The third-order valence-electron chi connectivity index (χ3n) is 4.35. The van der Waals surface area contributed by atoms with Crippen molar-refractivity contribution in [1.29, 1.82) is 5.26 Å². The molecule has 0 bridgehead atoms. The number of nitrogens with zero attached hydrogens (tertiary/aromatic N) is 3. The minimum absolute atomic E-state index is 0.238. The van der Waals surface area contributed by atoms with Gasteiger partial charge in [-0.3, -0.25) is 14.3 Å². The minimum Gasteiger partial charge on any atom is -0.383 e. The van der Waals surface area contributed by atoms with Crippen molar-refractivity contribution in [3.05, 3.63) is 51.5 Å². The monoisotopic (exact) mass is 430 g/mol. The van der Waals surface area contributed by atoms with Crippen LogP contribution in [-0.2, 0) is 16.1 Å². The van der Waals surface area contributed by atoms with Gasteiger partial charge in [-0.2, -0.15) is 10.4 Å². The second kappa shape index (κ2) is 9.18. The number of ether oxygens (including phenoxy) is 1. The number of nitriles is 1. The average molecular weight is 431 g/mol. The molecule has 1 unspecified atom stereocenters. The van der Waals surface area contributed by atoms with Crippen LogP contribution in [0.25, 0.3) is 10.2 Å². The number of rotatable bonds is 8. The average Bonchev–Trinajstić information content (AvgIpc) is 3.26. The Morgan fingerprint density at radius 1 is 1.38 bits per heavy atom. The first-order valence-corrected chi connectivity index (χ1v) is 10.1. The van der Waals surface area contributed by atoms with E-state index in [4.69, 9.17) is 16.3 Å². The maximum atomic E-state index is 12.8. The zero-order valence-corrected chi connectivity index (χ0v) is 17.5. The number of carbonyl (C=O) groups excluding carboxylic acids is 2. The molecule has 0 aliphatic rings. The number of thiophene rings is 1. The van der Waals surface area contributed by atoms with Gasteiger partial charge in [0.1, 0.15) is 4.83 Å². The summed E-state index contributed by atoms with van der Waals surface area (Å²) in [5, 5.41) is 17.9. The van der Waals surface area contributed by atoms with Crippen molar-refractivity contribution in [2.45, 2.75) is 13.5 Å². The summed E-state index contributed by atoms with van der Waals surface area (Å²) in [7, 11) is 1.51. The van der Waals surface area contributed by atoms with E-state index in [2.05, 4.69) is 10.4 Å². The zero-order valence-electron chi connectivity index (χ0n) is 15.9. The predicted octanol–water partition coefficient (Wildman–Crippen LogP) is 3.19. The van der Waals surface area contributed by atoms with Crippen molar-refractivity contribution in [2.24, 2.45) is 5.92 Å². The molecular weight excluding hydrogens is 412 g/mol. The van der Waals surface area contributed by atoms with E-state index >= 15 is 0 Å². The smallest absolute Gasteiger partial charge is 0.245 e. The van der Waals surface area contributed by atoms with Crippen molar-refractivity contribution in [2.75, 3.05) is 20.3 Å². The van der Waals surface area contributed by atoms with Crippen LogP contribution in [0, 0.1) is 24.2 Å². The van der Waals surface area contributed by atoms with E-state index in [0.29, 0.717) is 23.1 Å². The highest BCUT2D eigenvalue weighted by atomic mass is 35.5. The Bertz CT molecular complexity index is 1080. The molecule has 0 aliphatic heterocycles. The van der Waals surface area contributed by atoms with Gasteiger partial charge in [-0.25, -0.2) is 0 Å². The molecule has 0 saturated carbocycles. The van der Waals surface area contributed by atoms with Crippen LogP contribution in [0.3, 0.4) is 0 Å². The van der Waals surface area contributed by atoms with Gasteiger partial charge in [0, 0.05) is 24.1 Å². The fourth-order valence-electron chi connectivity index (χ4n) is 2.86. The Hall–Kier alpha value is -2.73. The van der Waals surface area contributed by atoms with Crippen LogP contribution >= 0.6 is 22.9 Å². The van der Waals surface area contributed by atoms with Crippen LogP contribution in [0.5, 0.6) is 0 Å². The highest BCUT2D eigenvalue weighted by Crippen LogP contribution is 2.30. The molecule has 9 heteroatoms. The number of halogens is 1. The summed E-state index contributed by atoms with van der Waals surface area (Å²) in [5.41, 5.74) is 1.80. The Morgan fingerprint density at radius 2 is 2.10 bits per heavy atom. The van der Waals surface area contributed by atoms with Gasteiger partial charge in [0.2, 0.25) is 5.91 Å². The van der Waals surface area contributed by atoms with Gasteiger partial charge in [-0.15, -0.1) is 11.3 Å². The molecule has 2 aromatic heterocycles. The molecule has 0 fully saturated rings. The number of nitrogens with one attached hydrogen (secondary N) is 1. The normalized spacial score (nSPS) is 11.9. The number of amides is 1. The van der Waals surface area contributed by atoms with Crippen molar-refractivity contribution in [3.63, 3.8) is 0 Å². The molecule has 1 N–H and O–H groups in total. The summed E-state index contributed by atoms with van der Waals surface area (Å²) >= 11 is 7.17. The standard InChI is InChI=1S/C20H19ClN4O3S/c1-12-15-9-17(18(26)16(10-22)19(27)23-7-8-28-2)29-20(15)25(24-12)11-13-3-5-14(21)6-4-13/h3-6,9,16H,7-8,11H2,1-2H3,(H,23,27). The summed E-state index contributed by atoms with van der Waals surface area (Å²) < 4.78 is 6.68. The van der Waals surface area contributed by atoms with Crippen LogP contribution in [0.2, 0.25) is 5.02 Å². The number of benzene rings is 1. The lowest BCUT2D eigenvalue weighted by Crippen LogP contribution is -2.36. The van der Waals surface area contributed by atoms with Crippen LogP contribution in [-0.4, -0.2) is 41.7 Å². The van der Waals surface area contributed by atoms with E-state index < -0.39 is 17.6 Å². The Kier molecular flexibility index (Phi) is 6.64. The Morgan fingerprint density at radius 3 is 2.76 bits per heavy atom. The molecule has 7 nitrogen and oxygen atoms in total. The fraction of sp³-hybridized carbons (Fsp3) is 0.300. The predicted molar refractivity (Wildman–Crippen MR) is 111 cm³/mol. The Balaban J connectivity index is 1.85. The van der Waals surface area contributed by atoms with E-state index in [-0.39, 0.29) is 6.54 Å². The molecule has 1 aromatic carbocycles. The summed E-state index contributed by atoms with van der Waals surface area (Å²) in [5.74, 6) is -2.53. The summed E-state index contributed by atoms with van der Waals surface area (Å²) in [6, 6.07) is 11.0. The van der Waals surface area contributed by atoms with Gasteiger partial charge in [0.15, 0.2) is 11.7 Å². The molecule has 150 valence electrons. The second-order valence-corrected chi connectivity index (χ2v) is 7.88. The largest absolute Gasteiger partial charge is 0.383 e. The first-order chi connectivity index (χ1) is 13.9. The SMILES string of the molecule is COCCNC(=O)C(C#N)C(=O)c1cc2c(C)nn(Cc3ccc(Cl)cc3)c2s1. The van der Waals surface area contributed by atoms with E-state index in [1.807, 2.05) is 41.9 Å². The lowest BCUT2D eigenvalue weighted by molar-refractivity contribution is -0.122. The fourth-order valence-corrected chi connectivity index (χ4v) is 4.12. The number of aromatic nitrogens is 2.